The van der Waals surface area contributed by atoms with E-state index in [1.165, 1.54) is 17.4 Å². The predicted octanol–water partition coefficient (Wildman–Crippen LogP) is 4.93. The lowest BCUT2D eigenvalue weighted by Gasteiger charge is -2.27. The molecule has 3 aliphatic rings. The number of thiophene rings is 1. The fourth-order valence-electron chi connectivity index (χ4n) is 6.70. The van der Waals surface area contributed by atoms with Crippen molar-refractivity contribution < 1.29 is 23.0 Å². The fraction of sp³-hybridized carbons (Fsp3) is 0.452. The first-order valence-corrected chi connectivity index (χ1v) is 15.5. The number of fused-ring (bicyclic) bond motifs is 3. The maximum absolute atomic E-state index is 15.9. The lowest BCUT2D eigenvalue weighted by atomic mass is 9.98. The summed E-state index contributed by atoms with van der Waals surface area (Å²) in [5, 5.41) is 14.5. The molecule has 0 radical (unpaired) electrons. The molecule has 4 atom stereocenters. The van der Waals surface area contributed by atoms with Crippen molar-refractivity contribution in [3.63, 3.8) is 0 Å². The van der Waals surface area contributed by atoms with Gasteiger partial charge in [-0.1, -0.05) is 0 Å². The molecular weight excluding hydrogens is 574 g/mol. The van der Waals surface area contributed by atoms with Gasteiger partial charge in [0.15, 0.2) is 0 Å². The van der Waals surface area contributed by atoms with Gasteiger partial charge in [0.1, 0.15) is 41.2 Å². The molecule has 12 heteroatoms. The number of carbonyl (C=O) groups is 1. The van der Waals surface area contributed by atoms with Crippen molar-refractivity contribution in [2.45, 2.75) is 38.9 Å². The van der Waals surface area contributed by atoms with E-state index >= 15 is 4.39 Å². The number of halogens is 2. The average molecular weight is 609 g/mol. The molecule has 0 spiro atoms. The highest BCUT2D eigenvalue weighted by atomic mass is 32.1. The van der Waals surface area contributed by atoms with Crippen molar-refractivity contribution in [1.82, 2.24) is 25.4 Å². The van der Waals surface area contributed by atoms with E-state index in [0.717, 1.165) is 47.3 Å². The molecular formula is C31H34F2N6O3S. The summed E-state index contributed by atoms with van der Waals surface area (Å²) in [5.41, 5.74) is 2.84. The Morgan fingerprint density at radius 1 is 1.16 bits per heavy atom. The lowest BCUT2D eigenvalue weighted by Crippen LogP contribution is -2.34. The molecule has 1 amide bonds. The van der Waals surface area contributed by atoms with Crippen molar-refractivity contribution in [3.8, 4) is 28.3 Å². The zero-order chi connectivity index (χ0) is 30.0. The Balaban J connectivity index is 1.41. The van der Waals surface area contributed by atoms with Gasteiger partial charge in [-0.25, -0.2) is 13.8 Å². The molecule has 5 heterocycles. The van der Waals surface area contributed by atoms with Gasteiger partial charge in [0.25, 0.3) is 0 Å². The smallest absolute Gasteiger partial charge is 0.217 e. The highest BCUT2D eigenvalue weighted by Crippen LogP contribution is 2.51. The van der Waals surface area contributed by atoms with Gasteiger partial charge in [-0.3, -0.25) is 9.48 Å². The van der Waals surface area contributed by atoms with Gasteiger partial charge < -0.3 is 25.0 Å². The van der Waals surface area contributed by atoms with Crippen LogP contribution in [0.5, 0.6) is 5.75 Å². The van der Waals surface area contributed by atoms with Gasteiger partial charge in [-0.2, -0.15) is 5.10 Å². The largest absolute Gasteiger partial charge is 0.490 e. The number of methoxy groups -OCH3 is 1. The maximum atomic E-state index is 15.9. The molecule has 2 unspecified atom stereocenters. The minimum atomic E-state index is -0.731. The maximum Gasteiger partial charge on any atom is 0.217 e. The number of amides is 1. The van der Waals surface area contributed by atoms with Gasteiger partial charge in [0.2, 0.25) is 5.91 Å². The van der Waals surface area contributed by atoms with Crippen molar-refractivity contribution in [2.24, 2.45) is 11.8 Å². The Bertz CT molecular complexity index is 1680. The van der Waals surface area contributed by atoms with Crippen LogP contribution in [-0.4, -0.2) is 66.7 Å². The van der Waals surface area contributed by atoms with Gasteiger partial charge in [-0.15, -0.1) is 11.3 Å². The van der Waals surface area contributed by atoms with Crippen LogP contribution in [0.15, 0.2) is 29.6 Å². The molecule has 7 rings (SSSR count). The molecule has 1 aromatic carbocycles. The van der Waals surface area contributed by atoms with Gasteiger partial charge >= 0.3 is 0 Å². The number of carbonyl (C=O) groups excluding carboxylic acids is 1. The molecule has 4 aromatic rings. The molecule has 3 aromatic heterocycles. The third-order valence-corrected chi connectivity index (χ3v) is 9.78. The molecule has 226 valence electrons. The molecule has 2 N–H and O–H groups in total. The van der Waals surface area contributed by atoms with Crippen LogP contribution in [0.3, 0.4) is 0 Å². The first-order chi connectivity index (χ1) is 20.7. The van der Waals surface area contributed by atoms with Crippen LogP contribution in [0.25, 0.3) is 32.6 Å². The second kappa shape index (κ2) is 10.8. The first-order valence-electron chi connectivity index (χ1n) is 14.6. The number of anilines is 1. The Hall–Kier alpha value is -3.61. The molecule has 2 aliphatic heterocycles. The van der Waals surface area contributed by atoms with Gasteiger partial charge in [-0.05, 0) is 31.4 Å². The Labute approximate surface area is 252 Å². The summed E-state index contributed by atoms with van der Waals surface area (Å²) >= 11 is 1.49. The first kappa shape index (κ1) is 28.2. The van der Waals surface area contributed by atoms with E-state index in [0.29, 0.717) is 28.8 Å². The van der Waals surface area contributed by atoms with Gasteiger partial charge in [0, 0.05) is 85.4 Å². The van der Waals surface area contributed by atoms with Crippen LogP contribution >= 0.6 is 11.3 Å². The Morgan fingerprint density at radius 3 is 2.67 bits per heavy atom. The third-order valence-electron chi connectivity index (χ3n) is 8.85. The standard InChI is InChI=1S/C31H34F2N6O3S/c1-15-12-34-16(2)24-11-23(37-39(15)24)29-27(26-22(33)9-18(32)10-25(26)42-7-6-41-4)30-19(5-8-43-30)31(36-29)38-13-20-21(14-38)28(20)35-17(3)40/h5,8-11,15-16,20-21,28,34H,6-7,12-14H2,1-4H3,(H,35,40)/t15-,16+,20?,21?,28?/m0/s1. The highest BCUT2D eigenvalue weighted by molar-refractivity contribution is 7.18. The second-order valence-electron chi connectivity index (χ2n) is 11.8. The number of pyridine rings is 1. The van der Waals surface area contributed by atoms with Crippen molar-refractivity contribution in [3.05, 3.63) is 47.0 Å². The number of hydrogen-bond donors (Lipinski definition) is 2. The second-order valence-corrected chi connectivity index (χ2v) is 12.7. The van der Waals surface area contributed by atoms with E-state index in [1.807, 2.05) is 22.2 Å². The van der Waals surface area contributed by atoms with E-state index < -0.39 is 11.6 Å². The zero-order valence-electron chi connectivity index (χ0n) is 24.5. The van der Waals surface area contributed by atoms with Crippen molar-refractivity contribution >= 4 is 33.1 Å². The van der Waals surface area contributed by atoms with Crippen LogP contribution in [0.2, 0.25) is 0 Å². The SMILES string of the molecule is COCCOc1cc(F)cc(F)c1-c1c(-c2cc3n(n2)[C@@H](C)CN[C@@H]3C)nc(N2CC3C(C2)C3NC(C)=O)c2ccsc12. The highest BCUT2D eigenvalue weighted by Gasteiger charge is 2.56. The predicted molar refractivity (Wildman–Crippen MR) is 161 cm³/mol. The van der Waals surface area contributed by atoms with Crippen LogP contribution in [-0.2, 0) is 9.53 Å². The van der Waals surface area contributed by atoms with E-state index in [9.17, 15) is 9.18 Å². The van der Waals surface area contributed by atoms with Crippen LogP contribution in [0.1, 0.15) is 38.5 Å². The normalized spacial score (nSPS) is 24.2. The topological polar surface area (TPSA) is 93.5 Å². The Kier molecular flexibility index (Phi) is 7.10. The van der Waals surface area contributed by atoms with E-state index in [1.54, 1.807) is 14.0 Å². The number of rotatable bonds is 8. The number of benzene rings is 1. The molecule has 1 aliphatic carbocycles. The number of nitrogens with zero attached hydrogens (tertiary/aromatic N) is 4. The number of aromatic nitrogens is 3. The van der Waals surface area contributed by atoms with Crippen LogP contribution in [0, 0.1) is 23.5 Å². The fourth-order valence-corrected chi connectivity index (χ4v) is 7.64. The number of hydrogen-bond acceptors (Lipinski definition) is 8. The van der Waals surface area contributed by atoms with Crippen molar-refractivity contribution in [1.29, 1.82) is 0 Å². The molecule has 0 bridgehead atoms. The average Bonchev–Trinajstić information content (AvgIpc) is 3.47. The zero-order valence-corrected chi connectivity index (χ0v) is 25.3. The third kappa shape index (κ3) is 4.85. The van der Waals surface area contributed by atoms with Crippen molar-refractivity contribution in [2.75, 3.05) is 44.9 Å². The van der Waals surface area contributed by atoms with Crippen LogP contribution in [0.4, 0.5) is 14.6 Å². The summed E-state index contributed by atoms with van der Waals surface area (Å²) in [6, 6.07) is 6.53. The summed E-state index contributed by atoms with van der Waals surface area (Å²) in [4.78, 5) is 19.2. The summed E-state index contributed by atoms with van der Waals surface area (Å²) in [6.45, 7) is 8.45. The Morgan fingerprint density at radius 2 is 1.95 bits per heavy atom. The van der Waals surface area contributed by atoms with E-state index in [-0.39, 0.29) is 48.6 Å². The quantitative estimate of drug-likeness (QED) is 0.274. The minimum Gasteiger partial charge on any atom is -0.490 e. The molecule has 1 saturated carbocycles. The summed E-state index contributed by atoms with van der Waals surface area (Å²) < 4.78 is 44.4. The lowest BCUT2D eigenvalue weighted by molar-refractivity contribution is -0.119. The van der Waals surface area contributed by atoms with Gasteiger partial charge in [0.05, 0.1) is 23.9 Å². The van der Waals surface area contributed by atoms with Crippen LogP contribution < -0.4 is 20.3 Å². The summed E-state index contributed by atoms with van der Waals surface area (Å²) in [6.07, 6.45) is 0. The molecule has 43 heavy (non-hydrogen) atoms. The number of piperidine rings is 1. The molecule has 2 fully saturated rings. The molecule has 1 saturated heterocycles. The van der Waals surface area contributed by atoms with E-state index in [4.69, 9.17) is 19.6 Å². The monoisotopic (exact) mass is 608 g/mol. The molecule has 9 nitrogen and oxygen atoms in total. The minimum absolute atomic E-state index is 0.0116. The summed E-state index contributed by atoms with van der Waals surface area (Å²) in [5.74, 6) is 0.161. The number of ether oxygens (including phenoxy) is 2. The number of nitrogens with one attached hydrogen (secondary N) is 2. The van der Waals surface area contributed by atoms with E-state index in [2.05, 4.69) is 29.4 Å². The summed E-state index contributed by atoms with van der Waals surface area (Å²) in [7, 11) is 1.55.